The van der Waals surface area contributed by atoms with Gasteiger partial charge in [-0.3, -0.25) is 4.79 Å². The molecule has 6 heteroatoms. The molecule has 1 saturated heterocycles. The standard InChI is InChI=1S/C20H23BrN2O3/c1-25-18-7-14(16(21)8-19(18)26-2)11-22-9-13-6-15(12-22)17-4-3-5-20(24)23(17)10-13/h3-5,7-8,13,15H,6,9-12H2,1-2H3/p+1/t13-,15+/m1/s1. The summed E-state index contributed by atoms with van der Waals surface area (Å²) in [5.41, 5.74) is 2.57. The Balaban J connectivity index is 1.58. The van der Waals surface area contributed by atoms with E-state index in [0.717, 1.165) is 42.2 Å². The zero-order valence-corrected chi connectivity index (χ0v) is 16.7. The molecular weight excluding hydrogens is 396 g/mol. The lowest BCUT2D eigenvalue weighted by Gasteiger charge is -2.40. The van der Waals surface area contributed by atoms with Crippen LogP contribution in [0.15, 0.2) is 39.6 Å². The van der Waals surface area contributed by atoms with E-state index < -0.39 is 0 Å². The fraction of sp³-hybridized carbons (Fsp3) is 0.450. The zero-order chi connectivity index (χ0) is 18.3. The molecule has 5 nitrogen and oxygen atoms in total. The Morgan fingerprint density at radius 1 is 1.19 bits per heavy atom. The molecule has 1 aromatic heterocycles. The summed E-state index contributed by atoms with van der Waals surface area (Å²) < 4.78 is 13.9. The van der Waals surface area contributed by atoms with Crippen molar-refractivity contribution in [3.8, 4) is 11.5 Å². The van der Waals surface area contributed by atoms with E-state index in [9.17, 15) is 4.79 Å². The van der Waals surface area contributed by atoms with Crippen LogP contribution in [0.25, 0.3) is 0 Å². The van der Waals surface area contributed by atoms with E-state index in [1.54, 1.807) is 25.2 Å². The van der Waals surface area contributed by atoms with Gasteiger partial charge in [0.05, 0.1) is 27.3 Å². The second-order valence-corrected chi connectivity index (χ2v) is 8.19. The minimum Gasteiger partial charge on any atom is -0.493 e. The Morgan fingerprint density at radius 2 is 1.96 bits per heavy atom. The topological polar surface area (TPSA) is 44.9 Å². The lowest BCUT2D eigenvalue weighted by atomic mass is 9.83. The Kier molecular flexibility index (Phi) is 4.80. The third-order valence-electron chi connectivity index (χ3n) is 5.67. The number of hydrogen-bond donors (Lipinski definition) is 1. The normalized spacial score (nSPS) is 24.0. The second-order valence-electron chi connectivity index (χ2n) is 7.33. The first-order chi connectivity index (χ1) is 12.6. The lowest BCUT2D eigenvalue weighted by Crippen LogP contribution is -3.13. The molecule has 1 aromatic carbocycles. The minimum atomic E-state index is 0.142. The lowest BCUT2D eigenvalue weighted by molar-refractivity contribution is -0.924. The van der Waals surface area contributed by atoms with Gasteiger partial charge in [-0.05, 0) is 24.6 Å². The number of fused-ring (bicyclic) bond motifs is 4. The molecule has 2 aromatic rings. The van der Waals surface area contributed by atoms with Crippen molar-refractivity contribution in [3.05, 3.63) is 56.4 Å². The van der Waals surface area contributed by atoms with Gasteiger partial charge >= 0.3 is 0 Å². The van der Waals surface area contributed by atoms with E-state index in [1.165, 1.54) is 17.7 Å². The molecule has 1 N–H and O–H groups in total. The first kappa shape index (κ1) is 17.6. The van der Waals surface area contributed by atoms with Gasteiger partial charge in [0.15, 0.2) is 11.5 Å². The summed E-state index contributed by atoms with van der Waals surface area (Å²) in [6.45, 7) is 3.94. The van der Waals surface area contributed by atoms with Crippen molar-refractivity contribution in [2.24, 2.45) is 5.92 Å². The first-order valence-electron chi connectivity index (χ1n) is 9.02. The predicted octanol–water partition coefficient (Wildman–Crippen LogP) is 1.83. The van der Waals surface area contributed by atoms with Gasteiger partial charge in [-0.15, -0.1) is 0 Å². The second kappa shape index (κ2) is 7.08. The van der Waals surface area contributed by atoms with Crippen molar-refractivity contribution in [1.29, 1.82) is 0 Å². The highest BCUT2D eigenvalue weighted by atomic mass is 79.9. The number of nitrogens with zero attached hydrogens (tertiary/aromatic N) is 1. The number of hydrogen-bond acceptors (Lipinski definition) is 3. The number of aromatic nitrogens is 1. The number of rotatable bonds is 4. The van der Waals surface area contributed by atoms with Crippen molar-refractivity contribution in [3.63, 3.8) is 0 Å². The van der Waals surface area contributed by atoms with Gasteiger partial charge in [0.25, 0.3) is 5.56 Å². The smallest absolute Gasteiger partial charge is 0.250 e. The monoisotopic (exact) mass is 419 g/mol. The summed E-state index contributed by atoms with van der Waals surface area (Å²) in [4.78, 5) is 13.7. The number of piperidine rings is 1. The fourth-order valence-electron chi connectivity index (χ4n) is 4.57. The highest BCUT2D eigenvalue weighted by molar-refractivity contribution is 9.10. The maximum Gasteiger partial charge on any atom is 0.250 e. The number of halogens is 1. The van der Waals surface area contributed by atoms with Crippen LogP contribution in [0.3, 0.4) is 0 Å². The van der Waals surface area contributed by atoms with Crippen molar-refractivity contribution in [2.75, 3.05) is 27.3 Å². The van der Waals surface area contributed by atoms with E-state index in [1.807, 2.05) is 16.7 Å². The molecule has 0 saturated carbocycles. The molecule has 3 atom stereocenters. The molecule has 3 heterocycles. The Labute approximate surface area is 161 Å². The molecule has 138 valence electrons. The number of quaternary nitrogens is 1. The molecule has 2 bridgehead atoms. The highest BCUT2D eigenvalue weighted by Crippen LogP contribution is 2.34. The molecule has 4 rings (SSSR count). The predicted molar refractivity (Wildman–Crippen MR) is 103 cm³/mol. The van der Waals surface area contributed by atoms with Gasteiger partial charge in [0, 0.05) is 40.2 Å². The van der Waals surface area contributed by atoms with Crippen LogP contribution < -0.4 is 19.9 Å². The Bertz CT molecular complexity index is 880. The van der Waals surface area contributed by atoms with Crippen LogP contribution in [0.2, 0.25) is 0 Å². The zero-order valence-electron chi connectivity index (χ0n) is 15.1. The van der Waals surface area contributed by atoms with Crippen LogP contribution in [-0.2, 0) is 13.1 Å². The van der Waals surface area contributed by atoms with Crippen LogP contribution in [0.5, 0.6) is 11.5 Å². The molecule has 2 aliphatic heterocycles. The molecule has 0 aliphatic carbocycles. The molecule has 0 amide bonds. The van der Waals surface area contributed by atoms with Gasteiger partial charge in [-0.1, -0.05) is 22.0 Å². The molecular formula is C20H24BrN2O3+. The van der Waals surface area contributed by atoms with Gasteiger partial charge in [0.1, 0.15) is 6.54 Å². The van der Waals surface area contributed by atoms with Crippen molar-refractivity contribution in [1.82, 2.24) is 4.57 Å². The van der Waals surface area contributed by atoms with Gasteiger partial charge in [-0.25, -0.2) is 0 Å². The average molecular weight is 420 g/mol. The summed E-state index contributed by atoms with van der Waals surface area (Å²) in [7, 11) is 3.32. The third-order valence-corrected chi connectivity index (χ3v) is 6.40. The molecule has 26 heavy (non-hydrogen) atoms. The van der Waals surface area contributed by atoms with Crippen LogP contribution in [0.4, 0.5) is 0 Å². The van der Waals surface area contributed by atoms with E-state index in [2.05, 4.69) is 28.1 Å². The Hall–Kier alpha value is -1.79. The van der Waals surface area contributed by atoms with E-state index in [-0.39, 0.29) is 5.56 Å². The third kappa shape index (κ3) is 3.16. The largest absolute Gasteiger partial charge is 0.493 e. The van der Waals surface area contributed by atoms with Gasteiger partial charge < -0.3 is 18.9 Å². The van der Waals surface area contributed by atoms with E-state index in [4.69, 9.17) is 9.47 Å². The van der Waals surface area contributed by atoms with Crippen LogP contribution >= 0.6 is 15.9 Å². The maximum absolute atomic E-state index is 12.2. The number of pyridine rings is 1. The number of methoxy groups -OCH3 is 2. The number of ether oxygens (including phenoxy) is 2. The molecule has 1 unspecified atom stereocenters. The van der Waals surface area contributed by atoms with E-state index in [0.29, 0.717) is 11.8 Å². The maximum atomic E-state index is 12.2. The summed E-state index contributed by atoms with van der Waals surface area (Å²) in [5, 5.41) is 0. The van der Waals surface area contributed by atoms with Gasteiger partial charge in [0.2, 0.25) is 0 Å². The highest BCUT2D eigenvalue weighted by Gasteiger charge is 2.37. The number of benzene rings is 1. The van der Waals surface area contributed by atoms with Crippen molar-refractivity contribution >= 4 is 15.9 Å². The molecule has 0 radical (unpaired) electrons. The molecule has 0 spiro atoms. The van der Waals surface area contributed by atoms with Gasteiger partial charge in [-0.2, -0.15) is 0 Å². The van der Waals surface area contributed by atoms with Crippen molar-refractivity contribution < 1.29 is 14.4 Å². The van der Waals surface area contributed by atoms with Crippen LogP contribution in [-0.4, -0.2) is 31.9 Å². The average Bonchev–Trinajstić information content (AvgIpc) is 2.64. The Morgan fingerprint density at radius 3 is 2.73 bits per heavy atom. The number of nitrogens with one attached hydrogen (secondary N) is 1. The van der Waals surface area contributed by atoms with Crippen molar-refractivity contribution in [2.45, 2.75) is 25.4 Å². The summed E-state index contributed by atoms with van der Waals surface area (Å²) >= 11 is 3.68. The fourth-order valence-corrected chi connectivity index (χ4v) is 5.03. The molecule has 1 fully saturated rings. The quantitative estimate of drug-likeness (QED) is 0.821. The summed E-state index contributed by atoms with van der Waals surface area (Å²) in [6, 6.07) is 9.74. The minimum absolute atomic E-state index is 0.142. The van der Waals surface area contributed by atoms with E-state index >= 15 is 0 Å². The molecule has 2 aliphatic rings. The number of likely N-dealkylation sites (tertiary alicyclic amines) is 1. The SMILES string of the molecule is COc1cc(Br)c(C[NH+]2C[C@H]3C[C@@H](C2)c2cccc(=O)n2C3)cc1OC. The summed E-state index contributed by atoms with van der Waals surface area (Å²) in [6.07, 6.45) is 1.19. The van der Waals surface area contributed by atoms with Crippen LogP contribution in [0, 0.1) is 5.92 Å². The van der Waals surface area contributed by atoms with Crippen LogP contribution in [0.1, 0.15) is 23.6 Å². The summed E-state index contributed by atoms with van der Waals surface area (Å²) in [5.74, 6) is 2.53. The first-order valence-corrected chi connectivity index (χ1v) is 9.82.